The van der Waals surface area contributed by atoms with E-state index in [1.807, 2.05) is 12.2 Å². The lowest BCUT2D eigenvalue weighted by Gasteiger charge is -2.28. The van der Waals surface area contributed by atoms with Crippen molar-refractivity contribution < 1.29 is 29.4 Å². The Morgan fingerprint density at radius 1 is 0.694 bits per heavy atom. The molecule has 0 radical (unpaired) electrons. The summed E-state index contributed by atoms with van der Waals surface area (Å²) in [6.45, 7) is 7.00. The summed E-state index contributed by atoms with van der Waals surface area (Å²) in [5, 5.41) is 18.5. The maximum atomic E-state index is 13.1. The van der Waals surface area contributed by atoms with Crippen molar-refractivity contribution in [3.8, 4) is 0 Å². The molecule has 0 bridgehead atoms. The second-order valence-corrected chi connectivity index (χ2v) is 12.5. The minimum Gasteiger partial charge on any atom is -0.481 e. The molecule has 204 valence electrons. The molecule has 0 saturated heterocycles. The molecule has 0 aromatic rings. The number of carbonyl (C=O) groups excluding carboxylic acids is 2. The first-order valence-corrected chi connectivity index (χ1v) is 14.1. The summed E-state index contributed by atoms with van der Waals surface area (Å²) in [6.07, 6.45) is 15.8. The molecule has 4 unspecified atom stereocenters. The third-order valence-corrected chi connectivity index (χ3v) is 8.61. The molecule has 2 N–H and O–H groups in total. The molecule has 6 nitrogen and oxygen atoms in total. The number of unbranched alkanes of at least 4 members (excludes halogenated alkanes) is 2. The van der Waals surface area contributed by atoms with Gasteiger partial charge in [0.1, 0.15) is 11.6 Å². The highest BCUT2D eigenvalue weighted by Gasteiger charge is 2.33. The van der Waals surface area contributed by atoms with E-state index in [-0.39, 0.29) is 35.2 Å². The van der Waals surface area contributed by atoms with E-state index in [0.29, 0.717) is 12.8 Å². The van der Waals surface area contributed by atoms with Crippen LogP contribution in [0.2, 0.25) is 0 Å². The quantitative estimate of drug-likeness (QED) is 0.198. The SMILES string of the molecule is CC(C)(CCCCC1CCCC(/C=C/C2CCCC(CCCCC(C)(C)C(=O)O)C2=O)C1=O)C(=O)O. The monoisotopic (exact) mass is 504 g/mol. The van der Waals surface area contributed by atoms with Crippen LogP contribution >= 0.6 is 0 Å². The van der Waals surface area contributed by atoms with E-state index in [4.69, 9.17) is 0 Å². The van der Waals surface area contributed by atoms with Crippen molar-refractivity contribution in [3.63, 3.8) is 0 Å². The van der Waals surface area contributed by atoms with Crippen LogP contribution in [0.1, 0.15) is 118 Å². The van der Waals surface area contributed by atoms with Gasteiger partial charge in [0.15, 0.2) is 0 Å². The van der Waals surface area contributed by atoms with Crippen LogP contribution in [-0.2, 0) is 19.2 Å². The Morgan fingerprint density at radius 3 is 1.39 bits per heavy atom. The molecule has 0 amide bonds. The van der Waals surface area contributed by atoms with Crippen LogP contribution in [0.25, 0.3) is 0 Å². The molecule has 0 aromatic carbocycles. The summed E-state index contributed by atoms with van der Waals surface area (Å²) in [5.41, 5.74) is -1.44. The highest BCUT2D eigenvalue weighted by Crippen LogP contribution is 2.34. The van der Waals surface area contributed by atoms with Gasteiger partial charge in [0.2, 0.25) is 0 Å². The first-order valence-electron chi connectivity index (χ1n) is 14.1. The molecule has 0 aromatic heterocycles. The lowest BCUT2D eigenvalue weighted by Crippen LogP contribution is -2.29. The van der Waals surface area contributed by atoms with Crippen molar-refractivity contribution in [3.05, 3.63) is 12.2 Å². The van der Waals surface area contributed by atoms with Gasteiger partial charge < -0.3 is 10.2 Å². The van der Waals surface area contributed by atoms with Crippen molar-refractivity contribution in [2.45, 2.75) is 118 Å². The van der Waals surface area contributed by atoms with Crippen molar-refractivity contribution in [2.24, 2.45) is 34.5 Å². The Bertz CT molecular complexity index is 742. The zero-order valence-electron chi connectivity index (χ0n) is 22.9. The minimum absolute atomic E-state index is 0.0474. The molecule has 4 atom stereocenters. The molecular weight excluding hydrogens is 456 g/mol. The Kier molecular flexibility index (Phi) is 11.4. The normalized spacial score (nSPS) is 25.9. The predicted octanol–water partition coefficient (Wildman–Crippen LogP) is 6.86. The Hall–Kier alpha value is -1.98. The van der Waals surface area contributed by atoms with E-state index in [1.54, 1.807) is 27.7 Å². The fourth-order valence-electron chi connectivity index (χ4n) is 5.70. The number of aliphatic carboxylic acids is 2. The third-order valence-electron chi connectivity index (χ3n) is 8.61. The van der Waals surface area contributed by atoms with Crippen molar-refractivity contribution in [2.75, 3.05) is 0 Å². The number of carbonyl (C=O) groups is 4. The van der Waals surface area contributed by atoms with Gasteiger partial charge in [-0.05, 0) is 79.1 Å². The summed E-state index contributed by atoms with van der Waals surface area (Å²) in [5.74, 6) is -1.09. The second kappa shape index (κ2) is 13.5. The van der Waals surface area contributed by atoms with Crippen LogP contribution < -0.4 is 0 Å². The number of hydrogen-bond acceptors (Lipinski definition) is 4. The van der Waals surface area contributed by atoms with E-state index < -0.39 is 22.8 Å². The topological polar surface area (TPSA) is 109 Å². The maximum absolute atomic E-state index is 13.1. The zero-order chi connectivity index (χ0) is 26.9. The summed E-state index contributed by atoms with van der Waals surface area (Å²) in [6, 6.07) is 0. The van der Waals surface area contributed by atoms with Crippen LogP contribution in [0.3, 0.4) is 0 Å². The van der Waals surface area contributed by atoms with Crippen LogP contribution in [0, 0.1) is 34.5 Å². The molecule has 2 aliphatic carbocycles. The van der Waals surface area contributed by atoms with Gasteiger partial charge in [-0.15, -0.1) is 0 Å². The molecule has 2 fully saturated rings. The van der Waals surface area contributed by atoms with E-state index in [9.17, 15) is 29.4 Å². The van der Waals surface area contributed by atoms with Crippen LogP contribution in [0.5, 0.6) is 0 Å². The van der Waals surface area contributed by atoms with Gasteiger partial charge in [-0.25, -0.2) is 0 Å². The van der Waals surface area contributed by atoms with Gasteiger partial charge in [0.25, 0.3) is 0 Å². The van der Waals surface area contributed by atoms with Gasteiger partial charge in [-0.2, -0.15) is 0 Å². The Labute approximate surface area is 217 Å². The fourth-order valence-corrected chi connectivity index (χ4v) is 5.70. The highest BCUT2D eigenvalue weighted by atomic mass is 16.4. The molecule has 36 heavy (non-hydrogen) atoms. The van der Waals surface area contributed by atoms with E-state index in [0.717, 1.165) is 77.0 Å². The summed E-state index contributed by atoms with van der Waals surface area (Å²) >= 11 is 0. The van der Waals surface area contributed by atoms with E-state index >= 15 is 0 Å². The molecule has 2 aliphatic rings. The first kappa shape index (κ1) is 30.2. The van der Waals surface area contributed by atoms with Crippen molar-refractivity contribution in [1.82, 2.24) is 0 Å². The zero-order valence-corrected chi connectivity index (χ0v) is 22.9. The minimum atomic E-state index is -0.775. The number of carboxylic acid groups (broad SMARTS) is 2. The van der Waals surface area contributed by atoms with Crippen molar-refractivity contribution >= 4 is 23.5 Å². The number of Topliss-reactive ketones (excluding diaryl/α,β-unsaturated/α-hetero) is 2. The van der Waals surface area contributed by atoms with Gasteiger partial charge in [0.05, 0.1) is 10.8 Å². The van der Waals surface area contributed by atoms with E-state index in [1.165, 1.54) is 0 Å². The Balaban J connectivity index is 1.80. The predicted molar refractivity (Wildman–Crippen MR) is 141 cm³/mol. The number of carboxylic acids is 2. The average Bonchev–Trinajstić information content (AvgIpc) is 2.81. The van der Waals surface area contributed by atoms with E-state index in [2.05, 4.69) is 0 Å². The molecule has 2 saturated carbocycles. The number of ketones is 2. The maximum Gasteiger partial charge on any atom is 0.309 e. The van der Waals surface area contributed by atoms with Gasteiger partial charge in [-0.1, -0.05) is 50.7 Å². The first-order chi connectivity index (χ1) is 16.8. The third kappa shape index (κ3) is 8.85. The molecule has 6 heteroatoms. The molecule has 0 spiro atoms. The standard InChI is InChI=1S/C30H48O6/c1-29(2,27(33)34)19-7-5-11-21-13-9-15-23(25(21)31)17-18-24-16-10-14-22(26(24)32)12-6-8-20-30(3,4)28(35)36/h17-18,21-24H,5-16,19-20H2,1-4H3,(H,33,34)(H,35,36)/b18-17+. The second-order valence-electron chi connectivity index (χ2n) is 12.5. The van der Waals surface area contributed by atoms with Crippen LogP contribution in [-0.4, -0.2) is 33.7 Å². The summed E-state index contributed by atoms with van der Waals surface area (Å²) < 4.78 is 0. The van der Waals surface area contributed by atoms with Crippen molar-refractivity contribution in [1.29, 1.82) is 0 Å². The number of rotatable bonds is 14. The summed E-state index contributed by atoms with van der Waals surface area (Å²) in [7, 11) is 0. The highest BCUT2D eigenvalue weighted by molar-refractivity contribution is 5.87. The van der Waals surface area contributed by atoms with Crippen LogP contribution in [0.4, 0.5) is 0 Å². The van der Waals surface area contributed by atoms with Gasteiger partial charge >= 0.3 is 11.9 Å². The lowest BCUT2D eigenvalue weighted by atomic mass is 9.75. The Morgan fingerprint density at radius 2 is 1.06 bits per heavy atom. The molecule has 2 rings (SSSR count). The lowest BCUT2D eigenvalue weighted by molar-refractivity contribution is -0.148. The largest absolute Gasteiger partial charge is 0.481 e. The van der Waals surface area contributed by atoms with Gasteiger partial charge in [0, 0.05) is 23.7 Å². The van der Waals surface area contributed by atoms with Gasteiger partial charge in [-0.3, -0.25) is 19.2 Å². The fraction of sp³-hybridized carbons (Fsp3) is 0.800. The number of hydrogen-bond donors (Lipinski definition) is 2. The smallest absolute Gasteiger partial charge is 0.309 e. The van der Waals surface area contributed by atoms with Crippen LogP contribution in [0.15, 0.2) is 12.2 Å². The number of allylic oxidation sites excluding steroid dienone is 2. The summed E-state index contributed by atoms with van der Waals surface area (Å²) in [4.78, 5) is 48.7. The molecular formula is C30H48O6. The average molecular weight is 505 g/mol. The molecule has 0 heterocycles. The molecule has 0 aliphatic heterocycles.